The maximum absolute atomic E-state index is 6.37. The summed E-state index contributed by atoms with van der Waals surface area (Å²) < 4.78 is 6.37. The molecule has 0 saturated carbocycles. The Hall–Kier alpha value is -6.18. The molecule has 0 fully saturated rings. The molecule has 1 nitrogen and oxygen atoms in total. The first-order chi connectivity index (χ1) is 23.3. The second kappa shape index (κ2) is 10.2. The number of hydrogen-bond acceptors (Lipinski definition) is 1. The number of furan rings is 1. The highest BCUT2D eigenvalue weighted by Crippen LogP contribution is 2.45. The molecule has 0 amide bonds. The van der Waals surface area contributed by atoms with Gasteiger partial charge in [-0.05, 0) is 83.0 Å². The van der Waals surface area contributed by atoms with Gasteiger partial charge in [-0.3, -0.25) is 0 Å². The first-order valence-electron chi connectivity index (χ1n) is 16.2. The van der Waals surface area contributed by atoms with Crippen molar-refractivity contribution in [2.45, 2.75) is 0 Å². The first-order valence-corrected chi connectivity index (χ1v) is 16.2. The minimum Gasteiger partial charge on any atom is -0.455 e. The van der Waals surface area contributed by atoms with Gasteiger partial charge in [0.05, 0.1) is 0 Å². The maximum atomic E-state index is 6.37. The summed E-state index contributed by atoms with van der Waals surface area (Å²) >= 11 is 0. The molecule has 0 aliphatic carbocycles. The molecule has 1 aromatic heterocycles. The Labute approximate surface area is 271 Å². The fraction of sp³-hybridized carbons (Fsp3) is 0. The van der Waals surface area contributed by atoms with Crippen molar-refractivity contribution in [2.24, 2.45) is 0 Å². The van der Waals surface area contributed by atoms with Gasteiger partial charge in [-0.2, -0.15) is 0 Å². The van der Waals surface area contributed by atoms with Crippen LogP contribution in [0.4, 0.5) is 0 Å². The van der Waals surface area contributed by atoms with Gasteiger partial charge in [0.25, 0.3) is 0 Å². The van der Waals surface area contributed by atoms with E-state index in [9.17, 15) is 0 Å². The van der Waals surface area contributed by atoms with Crippen molar-refractivity contribution in [2.75, 3.05) is 0 Å². The van der Waals surface area contributed by atoms with Crippen LogP contribution in [0.15, 0.2) is 174 Å². The van der Waals surface area contributed by atoms with Crippen LogP contribution in [-0.4, -0.2) is 0 Å². The zero-order valence-corrected chi connectivity index (χ0v) is 25.6. The quantitative estimate of drug-likeness (QED) is 0.146. The summed E-state index contributed by atoms with van der Waals surface area (Å²) in [4.78, 5) is 0. The normalized spacial score (nSPS) is 11.8. The van der Waals surface area contributed by atoms with Gasteiger partial charge in [-0.25, -0.2) is 0 Å². The number of para-hydroxylation sites is 2. The second-order valence-corrected chi connectivity index (χ2v) is 12.4. The highest BCUT2D eigenvalue weighted by Gasteiger charge is 2.18. The molecule has 0 spiro atoms. The van der Waals surface area contributed by atoms with E-state index >= 15 is 0 Å². The molecule has 0 bridgehead atoms. The average molecular weight is 597 g/mol. The summed E-state index contributed by atoms with van der Waals surface area (Å²) in [5.41, 5.74) is 9.10. The van der Waals surface area contributed by atoms with Crippen molar-refractivity contribution in [1.82, 2.24) is 0 Å². The molecule has 218 valence electrons. The van der Waals surface area contributed by atoms with E-state index in [1.54, 1.807) is 0 Å². The molecule has 0 atom stereocenters. The molecule has 0 radical (unpaired) electrons. The third kappa shape index (κ3) is 3.97. The highest BCUT2D eigenvalue weighted by molar-refractivity contribution is 6.22. The molecule has 1 heteroatoms. The van der Waals surface area contributed by atoms with E-state index in [4.69, 9.17) is 4.42 Å². The summed E-state index contributed by atoms with van der Waals surface area (Å²) in [5.74, 6) is 0. The van der Waals surface area contributed by atoms with Gasteiger partial charge in [0.1, 0.15) is 11.2 Å². The van der Waals surface area contributed by atoms with Crippen molar-refractivity contribution in [3.8, 4) is 33.4 Å². The predicted molar refractivity (Wildman–Crippen MR) is 200 cm³/mol. The van der Waals surface area contributed by atoms with Crippen LogP contribution in [-0.2, 0) is 0 Å². The Morgan fingerprint density at radius 1 is 0.298 bits per heavy atom. The summed E-state index contributed by atoms with van der Waals surface area (Å²) in [6.45, 7) is 0. The summed E-state index contributed by atoms with van der Waals surface area (Å²) in [6.07, 6.45) is 0. The zero-order chi connectivity index (χ0) is 30.9. The van der Waals surface area contributed by atoms with Crippen LogP contribution in [0.25, 0.3) is 98.4 Å². The lowest BCUT2D eigenvalue weighted by atomic mass is 9.85. The predicted octanol–water partition coefficient (Wildman–Crippen LogP) is 13.2. The van der Waals surface area contributed by atoms with E-state index in [0.717, 1.165) is 33.1 Å². The van der Waals surface area contributed by atoms with Gasteiger partial charge >= 0.3 is 0 Å². The molecule has 0 N–H and O–H groups in total. The number of rotatable bonds is 3. The standard InChI is InChI=1S/C46H28O/c1-2-11-34-29(10-1)22-25-32-28-33(26-27-35(32)34)45-40-15-5-3-13-38(40)44(39-14-4-6-16-41(39)45)31-23-20-30(21-24-31)36-17-9-18-42-37-12-7-8-19-43(37)47-46(36)42/h1-28H. The van der Waals surface area contributed by atoms with Crippen LogP contribution < -0.4 is 0 Å². The molecular weight excluding hydrogens is 569 g/mol. The summed E-state index contributed by atoms with van der Waals surface area (Å²) in [7, 11) is 0. The molecule has 9 aromatic carbocycles. The van der Waals surface area contributed by atoms with E-state index < -0.39 is 0 Å². The molecule has 0 unspecified atom stereocenters. The molecular formula is C46H28O. The van der Waals surface area contributed by atoms with Crippen molar-refractivity contribution in [3.63, 3.8) is 0 Å². The van der Waals surface area contributed by atoms with Crippen LogP contribution in [0.3, 0.4) is 0 Å². The number of fused-ring (bicyclic) bond motifs is 8. The van der Waals surface area contributed by atoms with Crippen LogP contribution in [0.2, 0.25) is 0 Å². The third-order valence-corrected chi connectivity index (χ3v) is 9.85. The lowest BCUT2D eigenvalue weighted by molar-refractivity contribution is 0.670. The lowest BCUT2D eigenvalue weighted by Crippen LogP contribution is -1.91. The summed E-state index contributed by atoms with van der Waals surface area (Å²) in [5, 5.41) is 12.4. The third-order valence-electron chi connectivity index (χ3n) is 9.85. The molecule has 0 aliphatic rings. The topological polar surface area (TPSA) is 13.1 Å². The minimum atomic E-state index is 0.921. The zero-order valence-electron chi connectivity index (χ0n) is 25.6. The number of hydrogen-bond donors (Lipinski definition) is 0. The van der Waals surface area contributed by atoms with Crippen molar-refractivity contribution in [3.05, 3.63) is 170 Å². The molecule has 0 aliphatic heterocycles. The van der Waals surface area contributed by atoms with Gasteiger partial charge in [-0.1, -0.05) is 158 Å². The largest absolute Gasteiger partial charge is 0.455 e. The molecule has 47 heavy (non-hydrogen) atoms. The Kier molecular flexibility index (Phi) is 5.64. The van der Waals surface area contributed by atoms with E-state index in [0.29, 0.717) is 0 Å². The maximum Gasteiger partial charge on any atom is 0.143 e. The van der Waals surface area contributed by atoms with Crippen LogP contribution in [0, 0.1) is 0 Å². The average Bonchev–Trinajstić information content (AvgIpc) is 3.53. The van der Waals surface area contributed by atoms with Crippen molar-refractivity contribution >= 4 is 65.0 Å². The van der Waals surface area contributed by atoms with Gasteiger partial charge < -0.3 is 4.42 Å². The van der Waals surface area contributed by atoms with E-state index in [2.05, 4.69) is 158 Å². The van der Waals surface area contributed by atoms with Gasteiger partial charge in [-0.15, -0.1) is 0 Å². The van der Waals surface area contributed by atoms with E-state index in [1.807, 2.05) is 12.1 Å². The smallest absolute Gasteiger partial charge is 0.143 e. The van der Waals surface area contributed by atoms with Gasteiger partial charge in [0.15, 0.2) is 0 Å². The molecule has 10 aromatic rings. The van der Waals surface area contributed by atoms with E-state index in [1.165, 1.54) is 65.3 Å². The summed E-state index contributed by atoms with van der Waals surface area (Å²) in [6, 6.07) is 61.6. The lowest BCUT2D eigenvalue weighted by Gasteiger charge is -2.18. The Morgan fingerprint density at radius 2 is 0.809 bits per heavy atom. The Bertz CT molecular complexity index is 2780. The van der Waals surface area contributed by atoms with Crippen molar-refractivity contribution < 1.29 is 4.42 Å². The van der Waals surface area contributed by atoms with Gasteiger partial charge in [0.2, 0.25) is 0 Å². The second-order valence-electron chi connectivity index (χ2n) is 12.4. The SMILES string of the molecule is c1ccc2c(c1)ccc1cc(-c3c4ccccc4c(-c4ccc(-c5cccc6c5oc5ccccc56)cc4)c4ccccc34)ccc12. The molecule has 0 saturated heterocycles. The Morgan fingerprint density at radius 3 is 1.53 bits per heavy atom. The van der Waals surface area contributed by atoms with Crippen LogP contribution in [0.1, 0.15) is 0 Å². The molecule has 10 rings (SSSR count). The van der Waals surface area contributed by atoms with E-state index in [-0.39, 0.29) is 0 Å². The van der Waals surface area contributed by atoms with Gasteiger partial charge in [0, 0.05) is 16.3 Å². The minimum absolute atomic E-state index is 0.921. The first kappa shape index (κ1) is 26.1. The monoisotopic (exact) mass is 596 g/mol. The fourth-order valence-corrected chi connectivity index (χ4v) is 7.71. The van der Waals surface area contributed by atoms with Crippen LogP contribution in [0.5, 0.6) is 0 Å². The van der Waals surface area contributed by atoms with Crippen molar-refractivity contribution in [1.29, 1.82) is 0 Å². The van der Waals surface area contributed by atoms with Crippen LogP contribution >= 0.6 is 0 Å². The fourth-order valence-electron chi connectivity index (χ4n) is 7.71. The Balaban J connectivity index is 1.16. The highest BCUT2D eigenvalue weighted by atomic mass is 16.3. The molecule has 1 heterocycles. The number of benzene rings is 9.